The number of nitrogens with zero attached hydrogens (tertiary/aromatic N) is 4. The van der Waals surface area contributed by atoms with Gasteiger partial charge in [-0.15, -0.1) is 0 Å². The lowest BCUT2D eigenvalue weighted by molar-refractivity contribution is 0.411. The highest BCUT2D eigenvalue weighted by Crippen LogP contribution is 2.39. The van der Waals surface area contributed by atoms with E-state index in [1.165, 1.54) is 6.42 Å². The smallest absolute Gasteiger partial charge is 0.142 e. The molecule has 118 valence electrons. The molecule has 1 saturated carbocycles. The summed E-state index contributed by atoms with van der Waals surface area (Å²) in [5.74, 6) is 0.774. The van der Waals surface area contributed by atoms with Crippen LogP contribution in [0.4, 0.5) is 5.82 Å². The van der Waals surface area contributed by atoms with Crippen molar-refractivity contribution in [1.82, 2.24) is 14.5 Å². The third-order valence-electron chi connectivity index (χ3n) is 4.65. The fourth-order valence-electron chi connectivity index (χ4n) is 3.14. The zero-order valence-electron chi connectivity index (χ0n) is 13.2. The monoisotopic (exact) mass is 315 g/mol. The first-order chi connectivity index (χ1) is 11.8. The van der Waals surface area contributed by atoms with Crippen LogP contribution in [0.5, 0.6) is 0 Å². The lowest BCUT2D eigenvalue weighted by Crippen LogP contribution is -2.13. The van der Waals surface area contributed by atoms with Gasteiger partial charge in [-0.05, 0) is 43.2 Å². The highest BCUT2D eigenvalue weighted by molar-refractivity contribution is 5.75. The minimum absolute atomic E-state index is 0.316. The van der Waals surface area contributed by atoms with E-state index in [9.17, 15) is 5.26 Å². The van der Waals surface area contributed by atoms with Gasteiger partial charge in [0.15, 0.2) is 0 Å². The second kappa shape index (κ2) is 5.82. The summed E-state index contributed by atoms with van der Waals surface area (Å²) in [6.07, 6.45) is 9.02. The molecule has 3 aromatic rings. The quantitative estimate of drug-likeness (QED) is 0.800. The minimum atomic E-state index is 0.316. The van der Waals surface area contributed by atoms with Gasteiger partial charge in [-0.25, -0.2) is 4.98 Å². The highest BCUT2D eigenvalue weighted by atomic mass is 15.0. The zero-order chi connectivity index (χ0) is 16.5. The molecule has 0 radical (unpaired) electrons. The van der Waals surface area contributed by atoms with E-state index in [1.54, 1.807) is 12.4 Å². The summed E-state index contributed by atoms with van der Waals surface area (Å²) in [5.41, 5.74) is 10.2. The van der Waals surface area contributed by atoms with Crippen LogP contribution >= 0.6 is 0 Å². The van der Waals surface area contributed by atoms with Crippen LogP contribution in [0.3, 0.4) is 0 Å². The maximum absolute atomic E-state index is 9.57. The van der Waals surface area contributed by atoms with E-state index in [0.717, 1.165) is 35.5 Å². The highest BCUT2D eigenvalue weighted by Gasteiger charge is 2.24. The van der Waals surface area contributed by atoms with E-state index >= 15 is 0 Å². The number of pyridine rings is 2. The first-order valence-corrected chi connectivity index (χ1v) is 8.06. The van der Waals surface area contributed by atoms with Crippen LogP contribution in [0.25, 0.3) is 16.9 Å². The van der Waals surface area contributed by atoms with Gasteiger partial charge in [-0.2, -0.15) is 5.26 Å². The number of hydrogen-bond acceptors (Lipinski definition) is 4. The Bertz CT molecular complexity index is 917. The molecule has 1 aliphatic rings. The van der Waals surface area contributed by atoms with Crippen LogP contribution in [0.2, 0.25) is 0 Å². The Morgan fingerprint density at radius 3 is 2.79 bits per heavy atom. The topological polar surface area (TPSA) is 80.5 Å². The number of aromatic nitrogens is 3. The van der Waals surface area contributed by atoms with Gasteiger partial charge in [0.2, 0.25) is 0 Å². The number of nitrogens with two attached hydrogens (primary N) is 1. The molecule has 4 rings (SSSR count). The molecule has 0 saturated heterocycles. The Morgan fingerprint density at radius 1 is 1.25 bits per heavy atom. The average Bonchev–Trinajstić information content (AvgIpc) is 3.03. The third-order valence-corrected chi connectivity index (χ3v) is 4.65. The van der Waals surface area contributed by atoms with Gasteiger partial charge >= 0.3 is 0 Å². The first kappa shape index (κ1) is 14.5. The second-order valence-electron chi connectivity index (χ2n) is 6.07. The zero-order valence-corrected chi connectivity index (χ0v) is 13.2. The third kappa shape index (κ3) is 2.33. The Balaban J connectivity index is 1.89. The van der Waals surface area contributed by atoms with Crippen molar-refractivity contribution < 1.29 is 0 Å². The van der Waals surface area contributed by atoms with E-state index in [1.807, 2.05) is 41.1 Å². The van der Waals surface area contributed by atoms with Crippen LogP contribution in [0.1, 0.15) is 36.4 Å². The van der Waals surface area contributed by atoms with Crippen LogP contribution in [-0.2, 0) is 0 Å². The molecule has 24 heavy (non-hydrogen) atoms. The summed E-state index contributed by atoms with van der Waals surface area (Å²) < 4.78 is 2.02. The van der Waals surface area contributed by atoms with E-state index in [-0.39, 0.29) is 0 Å². The van der Waals surface area contributed by atoms with E-state index in [0.29, 0.717) is 17.3 Å². The molecule has 1 fully saturated rings. The summed E-state index contributed by atoms with van der Waals surface area (Å²) >= 11 is 0. The number of anilines is 1. The SMILES string of the molecule is N#Cc1c(-c2cccn2-c2cccnc2)cc(C2CCC2)nc1N. The summed E-state index contributed by atoms with van der Waals surface area (Å²) in [7, 11) is 0. The molecule has 5 nitrogen and oxygen atoms in total. The number of nitrogen functional groups attached to an aromatic ring is 1. The molecular formula is C19H17N5. The number of nitriles is 1. The number of rotatable bonds is 3. The molecule has 0 aromatic carbocycles. The molecule has 0 atom stereocenters. The molecule has 0 unspecified atom stereocenters. The maximum atomic E-state index is 9.57. The fraction of sp³-hybridized carbons (Fsp3) is 0.211. The standard InChI is InChI=1S/C19H17N5/c20-11-16-15(10-17(23-19(16)21)13-4-1-5-13)18-7-3-9-24(18)14-6-2-8-22-12-14/h2-3,6-10,12-13H,1,4-5H2,(H2,21,23). The molecule has 0 spiro atoms. The molecular weight excluding hydrogens is 298 g/mol. The van der Waals surface area contributed by atoms with Crippen LogP contribution < -0.4 is 5.73 Å². The predicted octanol–water partition coefficient (Wildman–Crippen LogP) is 3.66. The molecule has 0 bridgehead atoms. The molecule has 3 aromatic heterocycles. The van der Waals surface area contributed by atoms with Gasteiger partial charge in [0, 0.05) is 29.6 Å². The van der Waals surface area contributed by atoms with Crippen molar-refractivity contribution in [2.24, 2.45) is 0 Å². The van der Waals surface area contributed by atoms with Crippen LogP contribution in [0.15, 0.2) is 48.9 Å². The lowest BCUT2D eigenvalue weighted by atomic mass is 9.82. The van der Waals surface area contributed by atoms with E-state index < -0.39 is 0 Å². The lowest BCUT2D eigenvalue weighted by Gasteiger charge is -2.25. The van der Waals surface area contributed by atoms with Crippen LogP contribution in [-0.4, -0.2) is 14.5 Å². The first-order valence-electron chi connectivity index (χ1n) is 8.06. The van der Waals surface area contributed by atoms with Gasteiger partial charge < -0.3 is 10.3 Å². The Morgan fingerprint density at radius 2 is 2.12 bits per heavy atom. The van der Waals surface area contributed by atoms with E-state index in [4.69, 9.17) is 5.73 Å². The summed E-state index contributed by atoms with van der Waals surface area (Å²) in [4.78, 5) is 8.65. The summed E-state index contributed by atoms with van der Waals surface area (Å²) in [6, 6.07) is 12.1. The average molecular weight is 315 g/mol. The van der Waals surface area contributed by atoms with Gasteiger partial charge in [0.25, 0.3) is 0 Å². The van der Waals surface area contributed by atoms with Gasteiger partial charge in [0.05, 0.1) is 17.6 Å². The van der Waals surface area contributed by atoms with Crippen molar-refractivity contribution in [2.45, 2.75) is 25.2 Å². The van der Waals surface area contributed by atoms with Gasteiger partial charge in [0.1, 0.15) is 17.5 Å². The predicted molar refractivity (Wildman–Crippen MR) is 92.5 cm³/mol. The van der Waals surface area contributed by atoms with Crippen molar-refractivity contribution in [3.8, 4) is 23.0 Å². The molecule has 1 aliphatic carbocycles. The molecule has 2 N–H and O–H groups in total. The Labute approximate surface area is 140 Å². The minimum Gasteiger partial charge on any atom is -0.383 e. The van der Waals surface area contributed by atoms with Crippen molar-refractivity contribution in [3.63, 3.8) is 0 Å². The molecule has 5 heteroatoms. The summed E-state index contributed by atoms with van der Waals surface area (Å²) in [6.45, 7) is 0. The second-order valence-corrected chi connectivity index (χ2v) is 6.07. The van der Waals surface area contributed by atoms with Crippen molar-refractivity contribution in [1.29, 1.82) is 5.26 Å². The largest absolute Gasteiger partial charge is 0.383 e. The summed E-state index contributed by atoms with van der Waals surface area (Å²) in [5, 5.41) is 9.57. The van der Waals surface area contributed by atoms with Crippen molar-refractivity contribution >= 4 is 5.82 Å². The molecule has 0 aliphatic heterocycles. The van der Waals surface area contributed by atoms with Gasteiger partial charge in [-0.1, -0.05) is 6.42 Å². The number of hydrogen-bond donors (Lipinski definition) is 1. The fourth-order valence-corrected chi connectivity index (χ4v) is 3.14. The Kier molecular flexibility index (Phi) is 3.51. The maximum Gasteiger partial charge on any atom is 0.142 e. The van der Waals surface area contributed by atoms with Crippen molar-refractivity contribution in [3.05, 3.63) is 60.2 Å². The normalized spacial score (nSPS) is 14.1. The van der Waals surface area contributed by atoms with Crippen molar-refractivity contribution in [2.75, 3.05) is 5.73 Å². The van der Waals surface area contributed by atoms with Crippen LogP contribution in [0, 0.1) is 11.3 Å². The Hall–Kier alpha value is -3.13. The molecule has 0 amide bonds. The van der Waals surface area contributed by atoms with E-state index in [2.05, 4.69) is 16.0 Å². The molecule has 3 heterocycles. The van der Waals surface area contributed by atoms with Gasteiger partial charge in [-0.3, -0.25) is 4.98 Å².